The van der Waals surface area contributed by atoms with Crippen LogP contribution in [0.5, 0.6) is 5.75 Å². The lowest BCUT2D eigenvalue weighted by Crippen LogP contribution is -2.53. The van der Waals surface area contributed by atoms with Gasteiger partial charge in [-0.15, -0.1) is 0 Å². The summed E-state index contributed by atoms with van der Waals surface area (Å²) in [6.45, 7) is 2.70. The zero-order valence-corrected chi connectivity index (χ0v) is 16.7. The highest BCUT2D eigenvalue weighted by molar-refractivity contribution is 6.30. The summed E-state index contributed by atoms with van der Waals surface area (Å²) in [6, 6.07) is 14.3. The van der Waals surface area contributed by atoms with Crippen LogP contribution in [0.3, 0.4) is 0 Å². The van der Waals surface area contributed by atoms with Crippen LogP contribution in [0.2, 0.25) is 5.02 Å². The zero-order chi connectivity index (χ0) is 20.1. The van der Waals surface area contributed by atoms with Crippen molar-refractivity contribution in [1.29, 1.82) is 0 Å². The molecule has 2 aromatic carbocycles. The smallest absolute Gasteiger partial charge is 0.319 e. The van der Waals surface area contributed by atoms with E-state index in [4.69, 9.17) is 16.3 Å². The molecule has 0 bridgehead atoms. The number of hydrogen-bond donors (Lipinski definition) is 2. The molecule has 0 spiro atoms. The highest BCUT2D eigenvalue weighted by atomic mass is 35.5. The monoisotopic (exact) mass is 401 g/mol. The van der Waals surface area contributed by atoms with Gasteiger partial charge in [-0.1, -0.05) is 23.7 Å². The average Bonchev–Trinajstić information content (AvgIpc) is 2.69. The number of benzene rings is 2. The van der Waals surface area contributed by atoms with Crippen LogP contribution >= 0.6 is 11.6 Å². The molecular formula is C21H24ClN3O3. The molecule has 1 fully saturated rings. The number of piperidine rings is 1. The highest BCUT2D eigenvalue weighted by Crippen LogP contribution is 2.30. The van der Waals surface area contributed by atoms with Crippen molar-refractivity contribution in [2.24, 2.45) is 0 Å². The zero-order valence-electron chi connectivity index (χ0n) is 15.9. The number of nitrogens with zero attached hydrogens (tertiary/aromatic N) is 1. The summed E-state index contributed by atoms with van der Waals surface area (Å²) in [6.07, 6.45) is 0.776. The van der Waals surface area contributed by atoms with E-state index >= 15 is 0 Å². The number of methoxy groups -OCH3 is 1. The lowest BCUT2D eigenvalue weighted by Gasteiger charge is -2.38. The largest absolute Gasteiger partial charge is 0.497 e. The van der Waals surface area contributed by atoms with Crippen LogP contribution in [0.15, 0.2) is 48.5 Å². The maximum absolute atomic E-state index is 12.5. The fourth-order valence-electron chi connectivity index (χ4n) is 3.50. The Morgan fingerprint density at radius 2 is 1.79 bits per heavy atom. The van der Waals surface area contributed by atoms with E-state index < -0.39 is 0 Å². The van der Waals surface area contributed by atoms with Crippen LogP contribution in [-0.2, 0) is 4.79 Å². The molecule has 0 radical (unpaired) electrons. The van der Waals surface area contributed by atoms with Crippen molar-refractivity contribution in [2.75, 3.05) is 25.5 Å². The first kappa shape index (κ1) is 20.0. The van der Waals surface area contributed by atoms with Gasteiger partial charge in [-0.3, -0.25) is 4.79 Å². The van der Waals surface area contributed by atoms with Crippen molar-refractivity contribution in [3.63, 3.8) is 0 Å². The SMILES string of the molecule is COc1ccc(C2CCN(C(C)=O)CC2NC(=O)Nc2ccc(Cl)cc2)cc1. The van der Waals surface area contributed by atoms with Gasteiger partial charge >= 0.3 is 6.03 Å². The van der Waals surface area contributed by atoms with Gasteiger partial charge in [0.25, 0.3) is 0 Å². The first-order valence-corrected chi connectivity index (χ1v) is 9.56. The lowest BCUT2D eigenvalue weighted by molar-refractivity contribution is -0.130. The minimum Gasteiger partial charge on any atom is -0.497 e. The summed E-state index contributed by atoms with van der Waals surface area (Å²) in [4.78, 5) is 26.2. The molecule has 0 saturated carbocycles. The van der Waals surface area contributed by atoms with E-state index in [0.717, 1.165) is 17.7 Å². The van der Waals surface area contributed by atoms with E-state index in [1.54, 1.807) is 43.2 Å². The number of nitrogens with one attached hydrogen (secondary N) is 2. The number of urea groups is 1. The van der Waals surface area contributed by atoms with Crippen LogP contribution in [0.4, 0.5) is 10.5 Å². The molecule has 1 aliphatic heterocycles. The topological polar surface area (TPSA) is 70.7 Å². The predicted octanol–water partition coefficient (Wildman–Crippen LogP) is 3.87. The van der Waals surface area contributed by atoms with Gasteiger partial charge in [-0.05, 0) is 48.4 Å². The Kier molecular flexibility index (Phi) is 6.41. The van der Waals surface area contributed by atoms with Gasteiger partial charge < -0.3 is 20.3 Å². The Balaban J connectivity index is 1.73. The fourth-order valence-corrected chi connectivity index (χ4v) is 3.63. The molecule has 2 N–H and O–H groups in total. The molecule has 2 unspecified atom stereocenters. The van der Waals surface area contributed by atoms with E-state index in [1.165, 1.54) is 0 Å². The molecule has 3 rings (SSSR count). The first-order valence-electron chi connectivity index (χ1n) is 9.19. The molecule has 28 heavy (non-hydrogen) atoms. The lowest BCUT2D eigenvalue weighted by atomic mass is 9.85. The summed E-state index contributed by atoms with van der Waals surface area (Å²) < 4.78 is 5.23. The van der Waals surface area contributed by atoms with Crippen LogP contribution in [0.1, 0.15) is 24.8 Å². The summed E-state index contributed by atoms with van der Waals surface area (Å²) in [7, 11) is 1.63. The van der Waals surface area contributed by atoms with Gasteiger partial charge in [0.15, 0.2) is 0 Å². The van der Waals surface area contributed by atoms with Crippen molar-refractivity contribution < 1.29 is 14.3 Å². The fraction of sp³-hybridized carbons (Fsp3) is 0.333. The molecule has 148 valence electrons. The van der Waals surface area contributed by atoms with E-state index in [2.05, 4.69) is 10.6 Å². The second kappa shape index (κ2) is 8.97. The van der Waals surface area contributed by atoms with Gasteiger partial charge in [-0.2, -0.15) is 0 Å². The summed E-state index contributed by atoms with van der Waals surface area (Å²) in [5.74, 6) is 0.908. The summed E-state index contributed by atoms with van der Waals surface area (Å²) in [5.41, 5.74) is 1.77. The van der Waals surface area contributed by atoms with Gasteiger partial charge in [0.2, 0.25) is 5.91 Å². The molecule has 2 aromatic rings. The molecule has 1 saturated heterocycles. The number of carbonyl (C=O) groups is 2. The Morgan fingerprint density at radius 1 is 1.11 bits per heavy atom. The molecule has 1 aliphatic rings. The standard InChI is InChI=1S/C21H24ClN3O3/c1-14(26)25-12-11-19(15-3-9-18(28-2)10-4-15)20(13-25)24-21(27)23-17-7-5-16(22)6-8-17/h3-10,19-20H,11-13H2,1-2H3,(H2,23,24,27). The van der Waals surface area contributed by atoms with E-state index in [-0.39, 0.29) is 23.9 Å². The Labute approximate surface area is 169 Å². The van der Waals surface area contributed by atoms with E-state index in [9.17, 15) is 9.59 Å². The van der Waals surface area contributed by atoms with E-state index in [1.807, 2.05) is 24.3 Å². The van der Waals surface area contributed by atoms with E-state index in [0.29, 0.717) is 23.8 Å². The molecule has 0 aliphatic carbocycles. The number of anilines is 1. The number of amides is 3. The number of rotatable bonds is 4. The van der Waals surface area contributed by atoms with Gasteiger partial charge in [0.05, 0.1) is 13.2 Å². The number of hydrogen-bond acceptors (Lipinski definition) is 3. The van der Waals surface area contributed by atoms with Gasteiger partial charge in [0.1, 0.15) is 5.75 Å². The first-order chi connectivity index (χ1) is 13.5. The molecule has 1 heterocycles. The average molecular weight is 402 g/mol. The minimum atomic E-state index is -0.309. The molecule has 2 atom stereocenters. The van der Waals surface area contributed by atoms with Crippen LogP contribution in [0, 0.1) is 0 Å². The van der Waals surface area contributed by atoms with Gasteiger partial charge in [0, 0.05) is 36.6 Å². The molecule has 7 heteroatoms. The molecule has 6 nitrogen and oxygen atoms in total. The normalized spacial score (nSPS) is 19.0. The summed E-state index contributed by atoms with van der Waals surface area (Å²) >= 11 is 5.88. The number of likely N-dealkylation sites (tertiary alicyclic amines) is 1. The Hall–Kier alpha value is -2.73. The van der Waals surface area contributed by atoms with Crippen molar-refractivity contribution in [2.45, 2.75) is 25.3 Å². The third kappa shape index (κ3) is 4.95. The van der Waals surface area contributed by atoms with Crippen molar-refractivity contribution in [1.82, 2.24) is 10.2 Å². The molecule has 0 aromatic heterocycles. The second-order valence-electron chi connectivity index (χ2n) is 6.85. The van der Waals surface area contributed by atoms with Crippen LogP contribution in [0.25, 0.3) is 0 Å². The van der Waals surface area contributed by atoms with Crippen LogP contribution in [-0.4, -0.2) is 43.1 Å². The second-order valence-corrected chi connectivity index (χ2v) is 7.28. The number of halogens is 1. The predicted molar refractivity (Wildman–Crippen MR) is 110 cm³/mol. The highest BCUT2D eigenvalue weighted by Gasteiger charge is 2.32. The third-order valence-corrected chi connectivity index (χ3v) is 5.27. The minimum absolute atomic E-state index is 0.0121. The number of ether oxygens (including phenoxy) is 1. The van der Waals surface area contributed by atoms with Crippen LogP contribution < -0.4 is 15.4 Å². The molecule has 3 amide bonds. The van der Waals surface area contributed by atoms with Crippen molar-refractivity contribution >= 4 is 29.2 Å². The van der Waals surface area contributed by atoms with Crippen molar-refractivity contribution in [3.05, 3.63) is 59.1 Å². The maximum atomic E-state index is 12.5. The number of carbonyl (C=O) groups excluding carboxylic acids is 2. The third-order valence-electron chi connectivity index (χ3n) is 5.02. The molecular weight excluding hydrogens is 378 g/mol. The quantitative estimate of drug-likeness (QED) is 0.816. The summed E-state index contributed by atoms with van der Waals surface area (Å²) in [5, 5.41) is 6.46. The van der Waals surface area contributed by atoms with Crippen molar-refractivity contribution in [3.8, 4) is 5.75 Å². The Bertz CT molecular complexity index is 824. The maximum Gasteiger partial charge on any atom is 0.319 e. The Morgan fingerprint density at radius 3 is 2.39 bits per heavy atom. The van der Waals surface area contributed by atoms with Gasteiger partial charge in [-0.25, -0.2) is 4.79 Å².